The summed E-state index contributed by atoms with van der Waals surface area (Å²) in [5.74, 6) is 0.514. The number of aromatic carboxylic acids is 1. The van der Waals surface area contributed by atoms with Crippen LogP contribution in [-0.4, -0.2) is 48.4 Å². The first-order valence-electron chi connectivity index (χ1n) is 5.31. The number of hydrogen-bond donors (Lipinski definition) is 1. The lowest BCUT2D eigenvalue weighted by atomic mass is 10.3. The summed E-state index contributed by atoms with van der Waals surface area (Å²) in [5.41, 5.74) is 0. The first-order chi connectivity index (χ1) is 8.44. The largest absolute Gasteiger partial charge is 0.477 e. The molecule has 1 aliphatic heterocycles. The second-order valence-electron chi connectivity index (χ2n) is 3.96. The van der Waals surface area contributed by atoms with Gasteiger partial charge in [0.15, 0.2) is 0 Å². The van der Waals surface area contributed by atoms with Crippen molar-refractivity contribution in [2.45, 2.75) is 17.4 Å². The maximum Gasteiger partial charge on any atom is 0.347 e. The molecule has 100 valence electrons. The second-order valence-corrected chi connectivity index (χ2v) is 7.99. The molecule has 1 atom stereocenters. The van der Waals surface area contributed by atoms with Crippen molar-refractivity contribution < 1.29 is 18.3 Å². The average molecular weight is 307 g/mol. The molecule has 0 bridgehead atoms. The number of carbonyl (C=O) groups is 1. The lowest BCUT2D eigenvalue weighted by molar-refractivity contribution is 0.0698. The molecule has 1 fully saturated rings. The fourth-order valence-corrected chi connectivity index (χ4v) is 5.79. The minimum Gasteiger partial charge on any atom is -0.477 e. The molecule has 1 saturated heterocycles. The highest BCUT2D eigenvalue weighted by Gasteiger charge is 2.33. The molecule has 0 aromatic carbocycles. The quantitative estimate of drug-likeness (QED) is 0.914. The highest BCUT2D eigenvalue weighted by atomic mass is 32.2. The molecule has 1 N–H and O–H groups in total. The summed E-state index contributed by atoms with van der Waals surface area (Å²) in [7, 11) is -2.18. The van der Waals surface area contributed by atoms with Crippen molar-refractivity contribution in [1.82, 2.24) is 4.31 Å². The number of carboxylic acid groups (broad SMARTS) is 1. The van der Waals surface area contributed by atoms with Gasteiger partial charge in [0.25, 0.3) is 0 Å². The molecule has 0 spiro atoms. The van der Waals surface area contributed by atoms with Gasteiger partial charge < -0.3 is 5.11 Å². The predicted octanol–water partition coefficient (Wildman–Crippen LogP) is 1.57. The number of carboxylic acids is 1. The van der Waals surface area contributed by atoms with Crippen LogP contribution in [-0.2, 0) is 10.0 Å². The summed E-state index contributed by atoms with van der Waals surface area (Å²) >= 11 is 2.65. The SMILES string of the molecule is CN(C1CCSC1)S(=O)(=O)c1ccsc1C(=O)O. The summed E-state index contributed by atoms with van der Waals surface area (Å²) in [5, 5.41) is 10.5. The lowest BCUT2D eigenvalue weighted by Crippen LogP contribution is -2.37. The molecule has 0 saturated carbocycles. The number of nitrogens with zero attached hydrogens (tertiary/aromatic N) is 1. The van der Waals surface area contributed by atoms with E-state index < -0.39 is 16.0 Å². The molecule has 1 aromatic rings. The van der Waals surface area contributed by atoms with E-state index in [0.29, 0.717) is 0 Å². The number of thiophene rings is 1. The van der Waals surface area contributed by atoms with Crippen LogP contribution < -0.4 is 0 Å². The van der Waals surface area contributed by atoms with E-state index in [2.05, 4.69) is 0 Å². The fourth-order valence-electron chi connectivity index (χ4n) is 1.82. The molecule has 1 unspecified atom stereocenters. The highest BCUT2D eigenvalue weighted by Crippen LogP contribution is 2.29. The molecule has 0 amide bonds. The molecule has 1 aliphatic rings. The van der Waals surface area contributed by atoms with E-state index in [0.717, 1.165) is 29.3 Å². The molecule has 1 aromatic heterocycles. The Balaban J connectivity index is 2.35. The Kier molecular flexibility index (Phi) is 4.00. The molecule has 18 heavy (non-hydrogen) atoms. The van der Waals surface area contributed by atoms with Crippen LogP contribution in [0.3, 0.4) is 0 Å². The monoisotopic (exact) mass is 307 g/mol. The van der Waals surface area contributed by atoms with Crippen LogP contribution in [0.5, 0.6) is 0 Å². The summed E-state index contributed by atoms with van der Waals surface area (Å²) < 4.78 is 26.0. The van der Waals surface area contributed by atoms with E-state index in [-0.39, 0.29) is 15.8 Å². The highest BCUT2D eigenvalue weighted by molar-refractivity contribution is 7.99. The summed E-state index contributed by atoms with van der Waals surface area (Å²) in [6.07, 6.45) is 0.812. The number of rotatable bonds is 4. The van der Waals surface area contributed by atoms with Crippen molar-refractivity contribution >= 4 is 39.1 Å². The number of sulfonamides is 1. The Bertz CT molecular complexity index is 545. The van der Waals surface area contributed by atoms with Gasteiger partial charge in [-0.05, 0) is 23.6 Å². The molecule has 2 heterocycles. The summed E-state index contributed by atoms with van der Waals surface area (Å²) in [6, 6.07) is 1.32. The molecule has 8 heteroatoms. The van der Waals surface area contributed by atoms with Crippen LogP contribution in [0.15, 0.2) is 16.3 Å². The first kappa shape index (κ1) is 13.9. The fraction of sp³-hybridized carbons (Fsp3) is 0.500. The van der Waals surface area contributed by atoms with E-state index in [9.17, 15) is 13.2 Å². The van der Waals surface area contributed by atoms with Gasteiger partial charge in [-0.15, -0.1) is 11.3 Å². The van der Waals surface area contributed by atoms with Crippen LogP contribution >= 0.6 is 23.1 Å². The minimum atomic E-state index is -3.71. The second kappa shape index (κ2) is 5.20. The molecule has 0 radical (unpaired) electrons. The van der Waals surface area contributed by atoms with E-state index in [4.69, 9.17) is 5.11 Å². The van der Waals surface area contributed by atoms with Gasteiger partial charge >= 0.3 is 5.97 Å². The number of thioether (sulfide) groups is 1. The smallest absolute Gasteiger partial charge is 0.347 e. The Hall–Kier alpha value is -0.570. The maximum atomic E-state index is 12.4. The topological polar surface area (TPSA) is 74.7 Å². The van der Waals surface area contributed by atoms with E-state index in [1.165, 1.54) is 22.8 Å². The van der Waals surface area contributed by atoms with Gasteiger partial charge in [0.1, 0.15) is 9.77 Å². The molecule has 5 nitrogen and oxygen atoms in total. The van der Waals surface area contributed by atoms with Crippen molar-refractivity contribution in [3.8, 4) is 0 Å². The zero-order valence-electron chi connectivity index (χ0n) is 9.70. The van der Waals surface area contributed by atoms with Crippen molar-refractivity contribution in [3.05, 3.63) is 16.3 Å². The summed E-state index contributed by atoms with van der Waals surface area (Å²) in [4.78, 5) is 10.8. The van der Waals surface area contributed by atoms with Crippen LogP contribution in [0.4, 0.5) is 0 Å². The predicted molar refractivity (Wildman–Crippen MR) is 72.0 cm³/mol. The van der Waals surface area contributed by atoms with Crippen molar-refractivity contribution in [2.75, 3.05) is 18.6 Å². The Morgan fingerprint density at radius 3 is 2.83 bits per heavy atom. The van der Waals surface area contributed by atoms with Crippen molar-refractivity contribution in [2.24, 2.45) is 0 Å². The van der Waals surface area contributed by atoms with E-state index >= 15 is 0 Å². The van der Waals surface area contributed by atoms with Gasteiger partial charge in [-0.25, -0.2) is 13.2 Å². The van der Waals surface area contributed by atoms with E-state index in [1.807, 2.05) is 0 Å². The Morgan fingerprint density at radius 2 is 2.28 bits per heavy atom. The minimum absolute atomic E-state index is 0.0402. The Morgan fingerprint density at radius 1 is 1.56 bits per heavy atom. The van der Waals surface area contributed by atoms with Crippen molar-refractivity contribution in [3.63, 3.8) is 0 Å². The summed E-state index contributed by atoms with van der Waals surface area (Å²) in [6.45, 7) is 0. The molecule has 0 aliphatic carbocycles. The van der Waals surface area contributed by atoms with Gasteiger partial charge in [-0.3, -0.25) is 0 Å². The third-order valence-electron chi connectivity index (χ3n) is 2.90. The number of hydrogen-bond acceptors (Lipinski definition) is 5. The standard InChI is InChI=1S/C10H13NO4S3/c1-11(7-2-4-16-6-7)18(14,15)8-3-5-17-9(8)10(12)13/h3,5,7H,2,4,6H2,1H3,(H,12,13). The van der Waals surface area contributed by atoms with Crippen LogP contribution in [0, 0.1) is 0 Å². The van der Waals surface area contributed by atoms with Crippen LogP contribution in [0.1, 0.15) is 16.1 Å². The third-order valence-corrected chi connectivity index (χ3v) is 7.03. The third kappa shape index (κ3) is 2.42. The zero-order chi connectivity index (χ0) is 13.3. The van der Waals surface area contributed by atoms with Gasteiger partial charge in [-0.1, -0.05) is 0 Å². The van der Waals surface area contributed by atoms with Gasteiger partial charge in [0.05, 0.1) is 0 Å². The molecular formula is C10H13NO4S3. The van der Waals surface area contributed by atoms with Gasteiger partial charge in [0, 0.05) is 18.8 Å². The molecule has 2 rings (SSSR count). The maximum absolute atomic E-state index is 12.4. The van der Waals surface area contributed by atoms with Crippen LogP contribution in [0.25, 0.3) is 0 Å². The zero-order valence-corrected chi connectivity index (χ0v) is 12.1. The molecular weight excluding hydrogens is 294 g/mol. The normalized spacial score (nSPS) is 20.4. The van der Waals surface area contributed by atoms with Gasteiger partial charge in [-0.2, -0.15) is 16.1 Å². The Labute approximate surface area is 114 Å². The first-order valence-corrected chi connectivity index (χ1v) is 8.78. The van der Waals surface area contributed by atoms with Gasteiger partial charge in [0.2, 0.25) is 10.0 Å². The lowest BCUT2D eigenvalue weighted by Gasteiger charge is -2.22. The van der Waals surface area contributed by atoms with E-state index in [1.54, 1.807) is 11.8 Å². The van der Waals surface area contributed by atoms with Crippen LogP contribution in [0.2, 0.25) is 0 Å². The van der Waals surface area contributed by atoms with Crippen molar-refractivity contribution in [1.29, 1.82) is 0 Å². The average Bonchev–Trinajstić information content (AvgIpc) is 2.99.